The van der Waals surface area contributed by atoms with Gasteiger partial charge in [-0.2, -0.15) is 0 Å². The van der Waals surface area contributed by atoms with Gasteiger partial charge in [-0.3, -0.25) is 9.38 Å². The van der Waals surface area contributed by atoms with Crippen LogP contribution < -0.4 is 9.47 Å². The lowest BCUT2D eigenvalue weighted by Crippen LogP contribution is -2.02. The van der Waals surface area contributed by atoms with Crippen LogP contribution in [0.15, 0.2) is 67.0 Å². The molecule has 31 heavy (non-hydrogen) atoms. The molecule has 5 rings (SSSR count). The first-order chi connectivity index (χ1) is 15.1. The zero-order valence-electron chi connectivity index (χ0n) is 16.4. The highest BCUT2D eigenvalue weighted by Gasteiger charge is 2.11. The number of hydrogen-bond donors (Lipinski definition) is 0. The predicted octanol–water partition coefficient (Wildman–Crippen LogP) is 5.32. The first-order valence-electron chi connectivity index (χ1n) is 9.47. The first-order valence-corrected chi connectivity index (χ1v) is 9.85. The summed E-state index contributed by atoms with van der Waals surface area (Å²) < 4.78 is 26.7. The second-order valence-electron chi connectivity index (χ2n) is 6.87. The summed E-state index contributed by atoms with van der Waals surface area (Å²) in [7, 11) is 1.62. The van der Waals surface area contributed by atoms with Crippen LogP contribution in [0.2, 0.25) is 5.02 Å². The smallest absolute Gasteiger partial charge is 0.175 e. The van der Waals surface area contributed by atoms with Gasteiger partial charge in [0, 0.05) is 23.8 Å². The fourth-order valence-electron chi connectivity index (χ4n) is 3.38. The van der Waals surface area contributed by atoms with Crippen molar-refractivity contribution >= 4 is 28.2 Å². The highest BCUT2D eigenvalue weighted by atomic mass is 35.5. The molecule has 0 atom stereocenters. The second-order valence-corrected chi connectivity index (χ2v) is 7.28. The van der Waals surface area contributed by atoms with Crippen molar-refractivity contribution in [1.82, 2.24) is 19.6 Å². The Morgan fingerprint density at radius 1 is 1.00 bits per heavy atom. The third-order valence-electron chi connectivity index (χ3n) is 4.99. The van der Waals surface area contributed by atoms with E-state index < -0.39 is 5.82 Å². The molecular weight excluding hydrogens is 419 g/mol. The molecule has 0 unspecified atom stereocenters. The van der Waals surface area contributed by atoms with Gasteiger partial charge in [-0.25, -0.2) is 4.39 Å². The molecule has 0 aliphatic carbocycles. The zero-order chi connectivity index (χ0) is 21.4. The van der Waals surface area contributed by atoms with E-state index in [0.29, 0.717) is 17.2 Å². The summed E-state index contributed by atoms with van der Waals surface area (Å²) in [6.45, 7) is 0.208. The van der Waals surface area contributed by atoms with Crippen molar-refractivity contribution in [2.75, 3.05) is 7.11 Å². The molecule has 6 nitrogen and oxygen atoms in total. The van der Waals surface area contributed by atoms with Crippen LogP contribution in [0.1, 0.15) is 5.82 Å². The van der Waals surface area contributed by atoms with E-state index in [0.717, 1.165) is 27.8 Å². The summed E-state index contributed by atoms with van der Waals surface area (Å²) in [4.78, 5) is 4.37. The van der Waals surface area contributed by atoms with Gasteiger partial charge in [-0.1, -0.05) is 17.7 Å². The van der Waals surface area contributed by atoms with Gasteiger partial charge in [0.1, 0.15) is 23.9 Å². The Morgan fingerprint density at radius 2 is 1.87 bits per heavy atom. The second kappa shape index (κ2) is 7.85. The van der Waals surface area contributed by atoms with E-state index in [2.05, 4.69) is 15.2 Å². The highest BCUT2D eigenvalue weighted by molar-refractivity contribution is 6.31. The molecule has 0 fully saturated rings. The molecule has 0 radical (unpaired) electrons. The third-order valence-corrected chi connectivity index (χ3v) is 5.28. The van der Waals surface area contributed by atoms with Gasteiger partial charge in [0.15, 0.2) is 11.5 Å². The monoisotopic (exact) mass is 434 g/mol. The van der Waals surface area contributed by atoms with Crippen molar-refractivity contribution < 1.29 is 13.9 Å². The van der Waals surface area contributed by atoms with Crippen molar-refractivity contribution in [1.29, 1.82) is 0 Å². The normalized spacial score (nSPS) is 11.2. The number of ether oxygens (including phenoxy) is 2. The topological polar surface area (TPSA) is 61.5 Å². The van der Waals surface area contributed by atoms with Crippen LogP contribution in [0.25, 0.3) is 27.7 Å². The predicted molar refractivity (Wildman–Crippen MR) is 116 cm³/mol. The largest absolute Gasteiger partial charge is 0.497 e. The van der Waals surface area contributed by atoms with E-state index in [1.807, 2.05) is 47.0 Å². The highest BCUT2D eigenvalue weighted by Crippen LogP contribution is 2.28. The molecule has 3 aromatic heterocycles. The lowest BCUT2D eigenvalue weighted by molar-refractivity contribution is 0.298. The number of pyridine rings is 2. The molecule has 154 valence electrons. The van der Waals surface area contributed by atoms with E-state index in [4.69, 9.17) is 21.1 Å². The van der Waals surface area contributed by atoms with Gasteiger partial charge in [0.2, 0.25) is 0 Å². The number of nitrogens with zero attached hydrogens (tertiary/aromatic N) is 4. The summed E-state index contributed by atoms with van der Waals surface area (Å²) in [5.41, 5.74) is 3.11. The molecule has 0 N–H and O–H groups in total. The quantitative estimate of drug-likeness (QED) is 0.374. The minimum absolute atomic E-state index is 0.0751. The lowest BCUT2D eigenvalue weighted by Gasteiger charge is -2.10. The molecule has 0 aliphatic heterocycles. The van der Waals surface area contributed by atoms with Crippen LogP contribution in [0.3, 0.4) is 0 Å². The number of hydrogen-bond acceptors (Lipinski definition) is 5. The van der Waals surface area contributed by atoms with Gasteiger partial charge in [-0.15, -0.1) is 10.2 Å². The third kappa shape index (κ3) is 3.64. The summed E-state index contributed by atoms with van der Waals surface area (Å²) in [5.74, 6) is 1.59. The maximum Gasteiger partial charge on any atom is 0.175 e. The number of fused-ring (bicyclic) bond motifs is 2. The zero-order valence-corrected chi connectivity index (χ0v) is 17.2. The summed E-state index contributed by atoms with van der Waals surface area (Å²) >= 11 is 5.94. The molecule has 3 heterocycles. The number of methoxy groups -OCH3 is 1. The lowest BCUT2D eigenvalue weighted by atomic mass is 10.1. The van der Waals surface area contributed by atoms with Crippen molar-refractivity contribution in [2.24, 2.45) is 0 Å². The maximum absolute atomic E-state index is 13.5. The van der Waals surface area contributed by atoms with E-state index in [1.165, 1.54) is 6.07 Å². The molecule has 0 saturated heterocycles. The Labute approximate surface area is 181 Å². The first kappa shape index (κ1) is 19.3. The molecule has 5 aromatic rings. The molecule has 2 aromatic carbocycles. The van der Waals surface area contributed by atoms with Gasteiger partial charge in [-0.05, 0) is 53.6 Å². The van der Waals surface area contributed by atoms with Gasteiger partial charge in [0.05, 0.1) is 17.6 Å². The summed E-state index contributed by atoms with van der Waals surface area (Å²) in [6, 6.07) is 15.8. The van der Waals surface area contributed by atoms with Crippen molar-refractivity contribution in [3.8, 4) is 22.6 Å². The molecule has 8 heteroatoms. The van der Waals surface area contributed by atoms with E-state index >= 15 is 0 Å². The Balaban J connectivity index is 1.46. The van der Waals surface area contributed by atoms with Gasteiger partial charge >= 0.3 is 0 Å². The van der Waals surface area contributed by atoms with E-state index in [1.54, 1.807) is 25.4 Å². The van der Waals surface area contributed by atoms with Crippen LogP contribution in [0, 0.1) is 5.82 Å². The van der Waals surface area contributed by atoms with E-state index in [9.17, 15) is 4.39 Å². The standard InChI is InChI=1S/C23H16ClFN4O2/c1-30-16-4-5-17-20(11-16)26-9-8-21(17)31-13-23-28-27-22-7-3-15(12-29(22)23)14-2-6-19(25)18(24)10-14/h2-12H,13H2,1H3. The maximum atomic E-state index is 13.5. The number of halogens is 2. The Bertz CT molecular complexity index is 1420. The van der Waals surface area contributed by atoms with Crippen LogP contribution in [-0.2, 0) is 6.61 Å². The van der Waals surface area contributed by atoms with Crippen molar-refractivity contribution in [2.45, 2.75) is 6.61 Å². The number of benzene rings is 2. The number of aromatic nitrogens is 4. The Kier molecular flexibility index (Phi) is 4.88. The molecule has 0 aliphatic rings. The van der Waals surface area contributed by atoms with Crippen LogP contribution in [0.5, 0.6) is 11.5 Å². The number of rotatable bonds is 5. The van der Waals surface area contributed by atoms with Crippen LogP contribution in [0.4, 0.5) is 4.39 Å². The van der Waals surface area contributed by atoms with Crippen LogP contribution >= 0.6 is 11.6 Å². The SMILES string of the molecule is COc1ccc2c(OCc3nnc4ccc(-c5ccc(F)c(Cl)c5)cn34)ccnc2c1. The van der Waals surface area contributed by atoms with E-state index in [-0.39, 0.29) is 11.6 Å². The van der Waals surface area contributed by atoms with Crippen molar-refractivity contribution in [3.63, 3.8) is 0 Å². The Morgan fingerprint density at radius 3 is 2.71 bits per heavy atom. The average Bonchev–Trinajstić information content (AvgIpc) is 3.21. The minimum atomic E-state index is -0.452. The molecule has 0 spiro atoms. The Hall–Kier alpha value is -3.71. The summed E-state index contributed by atoms with van der Waals surface area (Å²) in [5, 5.41) is 9.40. The molecule has 0 bridgehead atoms. The molecule has 0 saturated carbocycles. The van der Waals surface area contributed by atoms with Gasteiger partial charge in [0.25, 0.3) is 0 Å². The molecular formula is C23H16ClFN4O2. The molecule has 0 amide bonds. The van der Waals surface area contributed by atoms with Crippen LogP contribution in [-0.4, -0.2) is 26.7 Å². The fourth-order valence-corrected chi connectivity index (χ4v) is 3.56. The average molecular weight is 435 g/mol. The van der Waals surface area contributed by atoms with Crippen molar-refractivity contribution in [3.05, 3.63) is 83.7 Å². The van der Waals surface area contributed by atoms with Gasteiger partial charge < -0.3 is 9.47 Å². The minimum Gasteiger partial charge on any atom is -0.497 e. The summed E-state index contributed by atoms with van der Waals surface area (Å²) in [6.07, 6.45) is 3.57. The fraction of sp³-hybridized carbons (Fsp3) is 0.0870.